The number of hydrogen-bond acceptors (Lipinski definition) is 5. The number of rotatable bonds is 4. The minimum absolute atomic E-state index is 0.0625. The van der Waals surface area contributed by atoms with Gasteiger partial charge in [0, 0.05) is 27.6 Å². The summed E-state index contributed by atoms with van der Waals surface area (Å²) in [6, 6.07) is 1.95. The van der Waals surface area contributed by atoms with E-state index in [2.05, 4.69) is 11.9 Å². The summed E-state index contributed by atoms with van der Waals surface area (Å²) in [4.78, 5) is 29.9. The summed E-state index contributed by atoms with van der Waals surface area (Å²) in [7, 11) is 1.60. The summed E-state index contributed by atoms with van der Waals surface area (Å²) in [6.45, 7) is 2.13. The fourth-order valence-corrected chi connectivity index (χ4v) is 6.27. The average Bonchev–Trinajstić information content (AvgIpc) is 3.50. The molecule has 6 nitrogen and oxygen atoms in total. The molecule has 7 heteroatoms. The number of methoxy groups -OCH3 is 1. The van der Waals surface area contributed by atoms with Crippen molar-refractivity contribution in [2.75, 3.05) is 7.11 Å². The molecule has 1 unspecified atom stereocenters. The molecule has 2 aliphatic carbocycles. The SMILES string of the molecule is COc1c(-c2sc3c(c2C)C(N)CCC3)c(C2CC2)cc2c(=O)c(C(=O)O)c[nH]c12. The lowest BCUT2D eigenvalue weighted by molar-refractivity contribution is 0.0695. The van der Waals surface area contributed by atoms with Crippen LogP contribution in [0.5, 0.6) is 5.75 Å². The van der Waals surface area contributed by atoms with Crippen LogP contribution in [-0.4, -0.2) is 23.2 Å². The maximum atomic E-state index is 12.9. The molecule has 2 aliphatic rings. The first-order valence-electron chi connectivity index (χ1n) is 10.3. The van der Waals surface area contributed by atoms with Gasteiger partial charge in [0.25, 0.3) is 0 Å². The van der Waals surface area contributed by atoms with E-state index < -0.39 is 11.4 Å². The fourth-order valence-electron chi connectivity index (χ4n) is 4.79. The van der Waals surface area contributed by atoms with Crippen LogP contribution in [0.3, 0.4) is 0 Å². The largest absolute Gasteiger partial charge is 0.494 e. The number of fused-ring (bicyclic) bond motifs is 2. The van der Waals surface area contributed by atoms with Crippen LogP contribution in [0.15, 0.2) is 17.1 Å². The van der Waals surface area contributed by atoms with Gasteiger partial charge in [0.2, 0.25) is 5.43 Å². The van der Waals surface area contributed by atoms with E-state index in [4.69, 9.17) is 10.5 Å². The van der Waals surface area contributed by atoms with Gasteiger partial charge < -0.3 is 20.6 Å². The van der Waals surface area contributed by atoms with Crippen molar-refractivity contribution in [3.63, 3.8) is 0 Å². The number of carbonyl (C=O) groups is 1. The number of aryl methyl sites for hydroxylation is 1. The summed E-state index contributed by atoms with van der Waals surface area (Å²) < 4.78 is 5.86. The number of aromatic nitrogens is 1. The molecule has 0 bridgehead atoms. The number of nitrogens with two attached hydrogens (primary N) is 1. The highest BCUT2D eigenvalue weighted by Gasteiger charge is 2.33. The minimum atomic E-state index is -1.23. The molecule has 1 saturated carbocycles. The van der Waals surface area contributed by atoms with Crippen molar-refractivity contribution in [1.82, 2.24) is 4.98 Å². The number of thiophene rings is 1. The smallest absolute Gasteiger partial charge is 0.341 e. The third-order valence-electron chi connectivity index (χ3n) is 6.40. The topological polar surface area (TPSA) is 105 Å². The molecule has 0 saturated heterocycles. The van der Waals surface area contributed by atoms with Crippen LogP contribution < -0.4 is 15.9 Å². The van der Waals surface area contributed by atoms with Crippen molar-refractivity contribution in [3.05, 3.63) is 49.6 Å². The molecule has 3 aromatic rings. The zero-order valence-corrected chi connectivity index (χ0v) is 17.8. The van der Waals surface area contributed by atoms with Crippen molar-refractivity contribution in [3.8, 4) is 16.2 Å². The Labute approximate surface area is 177 Å². The molecule has 5 rings (SSSR count). The van der Waals surface area contributed by atoms with Crippen LogP contribution >= 0.6 is 11.3 Å². The van der Waals surface area contributed by atoms with Crippen LogP contribution in [-0.2, 0) is 6.42 Å². The van der Waals surface area contributed by atoms with Crippen LogP contribution in [0.4, 0.5) is 0 Å². The first-order valence-corrected chi connectivity index (χ1v) is 11.1. The number of aromatic amines is 1. The monoisotopic (exact) mass is 424 g/mol. The van der Waals surface area contributed by atoms with Crippen LogP contribution in [0.1, 0.15) is 69.6 Å². The Morgan fingerprint density at radius 3 is 2.73 bits per heavy atom. The number of carboxylic acid groups (broad SMARTS) is 1. The highest BCUT2D eigenvalue weighted by Crippen LogP contribution is 2.53. The number of H-pyrrole nitrogens is 1. The molecule has 1 atom stereocenters. The Bertz CT molecular complexity index is 1250. The van der Waals surface area contributed by atoms with Gasteiger partial charge in [-0.25, -0.2) is 4.79 Å². The zero-order chi connectivity index (χ0) is 21.2. The molecule has 1 aromatic carbocycles. The Morgan fingerprint density at radius 2 is 2.10 bits per heavy atom. The molecule has 4 N–H and O–H groups in total. The second kappa shape index (κ2) is 6.96. The van der Waals surface area contributed by atoms with Gasteiger partial charge in [-0.1, -0.05) is 0 Å². The van der Waals surface area contributed by atoms with Gasteiger partial charge in [0.15, 0.2) is 5.75 Å². The van der Waals surface area contributed by atoms with E-state index in [1.807, 2.05) is 6.07 Å². The second-order valence-electron chi connectivity index (χ2n) is 8.30. The average molecular weight is 425 g/mol. The van der Waals surface area contributed by atoms with Crippen molar-refractivity contribution in [1.29, 1.82) is 0 Å². The molecule has 156 valence electrons. The predicted octanol–water partition coefficient (Wildman–Crippen LogP) is 4.49. The van der Waals surface area contributed by atoms with Crippen molar-refractivity contribution in [2.45, 2.75) is 51.0 Å². The van der Waals surface area contributed by atoms with Gasteiger partial charge in [-0.15, -0.1) is 11.3 Å². The van der Waals surface area contributed by atoms with Crippen molar-refractivity contribution >= 4 is 28.2 Å². The van der Waals surface area contributed by atoms with Gasteiger partial charge in [-0.2, -0.15) is 0 Å². The number of benzene rings is 1. The summed E-state index contributed by atoms with van der Waals surface area (Å²) in [5.74, 6) is -0.262. The molecule has 30 heavy (non-hydrogen) atoms. The third kappa shape index (κ3) is 2.80. The molecule has 0 amide bonds. The van der Waals surface area contributed by atoms with Gasteiger partial charge in [-0.3, -0.25) is 4.79 Å². The molecule has 0 aliphatic heterocycles. The van der Waals surface area contributed by atoms with Crippen molar-refractivity contribution in [2.24, 2.45) is 5.73 Å². The number of hydrogen-bond donors (Lipinski definition) is 3. The normalized spacial score (nSPS) is 18.4. The second-order valence-corrected chi connectivity index (χ2v) is 9.40. The van der Waals surface area contributed by atoms with Crippen LogP contribution in [0.25, 0.3) is 21.3 Å². The number of carboxylic acids is 1. The summed E-state index contributed by atoms with van der Waals surface area (Å²) in [5, 5.41) is 9.74. The van der Waals surface area contributed by atoms with E-state index in [0.29, 0.717) is 22.6 Å². The lowest BCUT2D eigenvalue weighted by Crippen LogP contribution is -2.16. The predicted molar refractivity (Wildman–Crippen MR) is 118 cm³/mol. The molecule has 2 aromatic heterocycles. The lowest BCUT2D eigenvalue weighted by atomic mass is 9.89. The van der Waals surface area contributed by atoms with E-state index in [0.717, 1.165) is 48.1 Å². The quantitative estimate of drug-likeness (QED) is 0.572. The number of pyridine rings is 1. The minimum Gasteiger partial charge on any atom is -0.494 e. The molecule has 1 fully saturated rings. The summed E-state index contributed by atoms with van der Waals surface area (Å²) >= 11 is 1.78. The van der Waals surface area contributed by atoms with Crippen LogP contribution in [0, 0.1) is 6.92 Å². The Morgan fingerprint density at radius 1 is 1.33 bits per heavy atom. The standard InChI is InChI=1S/C23H24N2O4S/c1-10-17-15(24)4-3-5-16(17)30-22(10)18-12(11-6-7-11)8-13-19(21(18)29-2)25-9-14(20(13)26)23(27)28/h8-9,11,15H,3-7,24H2,1-2H3,(H,25,26)(H,27,28). The highest BCUT2D eigenvalue weighted by molar-refractivity contribution is 7.16. The van der Waals surface area contributed by atoms with E-state index in [1.54, 1.807) is 18.4 Å². The van der Waals surface area contributed by atoms with Gasteiger partial charge in [0.05, 0.1) is 18.0 Å². The Balaban J connectivity index is 1.85. The van der Waals surface area contributed by atoms with E-state index >= 15 is 0 Å². The van der Waals surface area contributed by atoms with E-state index in [1.165, 1.54) is 22.2 Å². The first-order chi connectivity index (χ1) is 14.4. The maximum Gasteiger partial charge on any atom is 0.341 e. The molecular formula is C23H24N2O4S. The third-order valence-corrected chi connectivity index (χ3v) is 7.79. The van der Waals surface area contributed by atoms with Crippen LogP contribution in [0.2, 0.25) is 0 Å². The number of nitrogens with one attached hydrogen (secondary N) is 1. The zero-order valence-electron chi connectivity index (χ0n) is 17.0. The van der Waals surface area contributed by atoms with Gasteiger partial charge in [-0.05, 0) is 67.7 Å². The fraction of sp³-hybridized carbons (Fsp3) is 0.391. The Hall–Kier alpha value is -2.64. The lowest BCUT2D eigenvalue weighted by Gasteiger charge is -2.19. The molecule has 0 radical (unpaired) electrons. The summed E-state index contributed by atoms with van der Waals surface area (Å²) in [5.41, 5.74) is 10.8. The number of ether oxygens (including phenoxy) is 1. The Kier molecular flexibility index (Phi) is 4.48. The van der Waals surface area contributed by atoms with E-state index in [-0.39, 0.29) is 11.6 Å². The molecule has 2 heterocycles. The maximum absolute atomic E-state index is 12.9. The summed E-state index contributed by atoms with van der Waals surface area (Å²) in [6.07, 6.45) is 6.52. The van der Waals surface area contributed by atoms with Gasteiger partial charge in [0.1, 0.15) is 5.56 Å². The van der Waals surface area contributed by atoms with Gasteiger partial charge >= 0.3 is 5.97 Å². The van der Waals surface area contributed by atoms with E-state index in [9.17, 15) is 14.7 Å². The first kappa shape index (κ1) is 19.3. The molecule has 0 spiro atoms. The number of aromatic carboxylic acids is 1. The molecular weight excluding hydrogens is 400 g/mol. The highest BCUT2D eigenvalue weighted by atomic mass is 32.1. The van der Waals surface area contributed by atoms with Crippen molar-refractivity contribution < 1.29 is 14.6 Å².